The van der Waals surface area contributed by atoms with Gasteiger partial charge in [-0.25, -0.2) is 4.79 Å². The molecule has 2 rings (SSSR count). The summed E-state index contributed by atoms with van der Waals surface area (Å²) in [5.41, 5.74) is 3.11. The molecule has 0 fully saturated rings. The largest absolute Gasteiger partial charge is 0.483 e. The van der Waals surface area contributed by atoms with E-state index >= 15 is 0 Å². The Morgan fingerprint density at radius 2 is 1.70 bits per heavy atom. The van der Waals surface area contributed by atoms with E-state index in [-0.39, 0.29) is 23.9 Å². The average Bonchev–Trinajstić information content (AvgIpc) is 2.65. The van der Waals surface area contributed by atoms with Crippen molar-refractivity contribution in [3.05, 3.63) is 59.2 Å². The van der Waals surface area contributed by atoms with Crippen LogP contribution in [0, 0.1) is 12.8 Å². The molecule has 2 aromatic carbocycles. The Morgan fingerprint density at radius 3 is 2.30 bits per heavy atom. The highest BCUT2D eigenvalue weighted by molar-refractivity contribution is 5.93. The number of amides is 1. The molecule has 0 atom stereocenters. The fraction of sp³-hybridized carbons (Fsp3) is 0.440. The van der Waals surface area contributed by atoms with Crippen LogP contribution in [0.15, 0.2) is 42.5 Å². The van der Waals surface area contributed by atoms with Gasteiger partial charge in [-0.05, 0) is 66.1 Å². The molecule has 0 aliphatic rings. The Morgan fingerprint density at radius 1 is 1.03 bits per heavy atom. The number of esters is 1. The van der Waals surface area contributed by atoms with Crippen LogP contribution in [0.3, 0.4) is 0 Å². The summed E-state index contributed by atoms with van der Waals surface area (Å²) in [6.07, 6.45) is 0.831. The molecule has 0 saturated carbocycles. The van der Waals surface area contributed by atoms with Crippen LogP contribution in [0.4, 0.5) is 5.69 Å². The number of hydrogen-bond acceptors (Lipinski definition) is 4. The molecule has 30 heavy (non-hydrogen) atoms. The highest BCUT2D eigenvalue weighted by Gasteiger charge is 2.19. The Balaban J connectivity index is 1.92. The first-order chi connectivity index (χ1) is 14.1. The van der Waals surface area contributed by atoms with Crippen molar-refractivity contribution in [1.29, 1.82) is 0 Å². The number of nitrogens with one attached hydrogen (secondary N) is 1. The van der Waals surface area contributed by atoms with E-state index < -0.39 is 0 Å². The molecule has 0 spiro atoms. The Kier molecular flexibility index (Phi) is 8.04. The van der Waals surface area contributed by atoms with Gasteiger partial charge in [-0.1, -0.05) is 46.8 Å². The number of anilines is 1. The van der Waals surface area contributed by atoms with E-state index in [0.29, 0.717) is 23.8 Å². The molecule has 0 unspecified atom stereocenters. The predicted molar refractivity (Wildman–Crippen MR) is 120 cm³/mol. The predicted octanol–water partition coefficient (Wildman–Crippen LogP) is 5.51. The van der Waals surface area contributed by atoms with E-state index in [1.54, 1.807) is 24.3 Å². The molecule has 2 aromatic rings. The molecular formula is C25H33NO4. The van der Waals surface area contributed by atoms with Crippen LogP contribution < -0.4 is 10.1 Å². The van der Waals surface area contributed by atoms with Crippen LogP contribution >= 0.6 is 0 Å². The molecule has 1 amide bonds. The summed E-state index contributed by atoms with van der Waals surface area (Å²) in [5.74, 6) is 0.587. The summed E-state index contributed by atoms with van der Waals surface area (Å²) < 4.78 is 11.1. The number of carbonyl (C=O) groups is 2. The van der Waals surface area contributed by atoms with Gasteiger partial charge >= 0.3 is 5.97 Å². The first-order valence-corrected chi connectivity index (χ1v) is 10.4. The number of ether oxygens (including phenoxy) is 2. The van der Waals surface area contributed by atoms with Gasteiger partial charge in [0.15, 0.2) is 6.61 Å². The number of benzene rings is 2. The molecule has 0 radical (unpaired) electrons. The van der Waals surface area contributed by atoms with Gasteiger partial charge in [0.1, 0.15) is 5.75 Å². The summed E-state index contributed by atoms with van der Waals surface area (Å²) in [5, 5.41) is 2.79. The van der Waals surface area contributed by atoms with E-state index in [2.05, 4.69) is 39.9 Å². The summed E-state index contributed by atoms with van der Waals surface area (Å²) in [6.45, 7) is 12.8. The maximum atomic E-state index is 12.3. The number of hydrogen-bond donors (Lipinski definition) is 1. The summed E-state index contributed by atoms with van der Waals surface area (Å²) in [6, 6.07) is 12.7. The Labute approximate surface area is 179 Å². The lowest BCUT2D eigenvalue weighted by Gasteiger charge is -2.23. The van der Waals surface area contributed by atoms with Crippen molar-refractivity contribution in [3.8, 4) is 5.75 Å². The Hall–Kier alpha value is -2.82. The first-order valence-electron chi connectivity index (χ1n) is 10.4. The van der Waals surface area contributed by atoms with Crippen LogP contribution in [0.25, 0.3) is 0 Å². The third-order valence-electron chi connectivity index (χ3n) is 4.64. The minimum atomic E-state index is -0.356. The van der Waals surface area contributed by atoms with Crippen molar-refractivity contribution in [3.63, 3.8) is 0 Å². The van der Waals surface area contributed by atoms with E-state index in [1.807, 2.05) is 25.1 Å². The fourth-order valence-electron chi connectivity index (χ4n) is 2.87. The van der Waals surface area contributed by atoms with Gasteiger partial charge in [0, 0.05) is 5.69 Å². The van der Waals surface area contributed by atoms with Gasteiger partial charge in [-0.3, -0.25) is 4.79 Å². The van der Waals surface area contributed by atoms with E-state index in [9.17, 15) is 9.59 Å². The van der Waals surface area contributed by atoms with Crippen molar-refractivity contribution in [2.45, 2.75) is 53.4 Å². The van der Waals surface area contributed by atoms with Crippen LogP contribution in [-0.4, -0.2) is 25.1 Å². The topological polar surface area (TPSA) is 64.6 Å². The normalized spacial score (nSPS) is 11.3. The van der Waals surface area contributed by atoms with Crippen molar-refractivity contribution < 1.29 is 19.1 Å². The minimum Gasteiger partial charge on any atom is -0.483 e. The molecule has 0 saturated heterocycles. The monoisotopic (exact) mass is 411 g/mol. The highest BCUT2D eigenvalue weighted by Crippen LogP contribution is 2.32. The molecule has 0 aromatic heterocycles. The van der Waals surface area contributed by atoms with Gasteiger partial charge in [-0.15, -0.1) is 0 Å². The van der Waals surface area contributed by atoms with Crippen molar-refractivity contribution in [2.75, 3.05) is 18.5 Å². The highest BCUT2D eigenvalue weighted by atomic mass is 16.5. The van der Waals surface area contributed by atoms with E-state index in [0.717, 1.165) is 23.3 Å². The van der Waals surface area contributed by atoms with Crippen molar-refractivity contribution in [1.82, 2.24) is 0 Å². The lowest BCUT2D eigenvalue weighted by atomic mass is 9.86. The van der Waals surface area contributed by atoms with Crippen molar-refractivity contribution >= 4 is 17.6 Å². The van der Waals surface area contributed by atoms with E-state index in [1.165, 1.54) is 0 Å². The first kappa shape index (κ1) is 23.5. The lowest BCUT2D eigenvalue weighted by molar-refractivity contribution is -0.118. The fourth-order valence-corrected chi connectivity index (χ4v) is 2.87. The van der Waals surface area contributed by atoms with Gasteiger partial charge in [0.25, 0.3) is 5.91 Å². The zero-order chi connectivity index (χ0) is 22.3. The summed E-state index contributed by atoms with van der Waals surface area (Å²) >= 11 is 0. The maximum Gasteiger partial charge on any atom is 0.338 e. The minimum absolute atomic E-state index is 0.0842. The SMILES string of the molecule is Cc1ccc(C(C)(C)C)c(OCC(=O)Nc2ccc(C(=O)OCCC(C)C)cc2)c1. The van der Waals surface area contributed by atoms with Gasteiger partial charge < -0.3 is 14.8 Å². The zero-order valence-corrected chi connectivity index (χ0v) is 18.9. The smallest absolute Gasteiger partial charge is 0.338 e. The van der Waals surface area contributed by atoms with Crippen LogP contribution in [0.5, 0.6) is 5.75 Å². The third-order valence-corrected chi connectivity index (χ3v) is 4.64. The average molecular weight is 412 g/mol. The van der Waals surface area contributed by atoms with Gasteiger partial charge in [0.2, 0.25) is 0 Å². The second kappa shape index (κ2) is 10.3. The van der Waals surface area contributed by atoms with Crippen LogP contribution in [0.2, 0.25) is 0 Å². The second-order valence-corrected chi connectivity index (χ2v) is 8.98. The molecular weight excluding hydrogens is 378 g/mol. The van der Waals surface area contributed by atoms with Crippen LogP contribution in [0.1, 0.15) is 62.5 Å². The maximum absolute atomic E-state index is 12.3. The zero-order valence-electron chi connectivity index (χ0n) is 18.9. The van der Waals surface area contributed by atoms with Gasteiger partial charge in [0.05, 0.1) is 12.2 Å². The molecule has 1 N–H and O–H groups in total. The molecule has 0 aliphatic carbocycles. The van der Waals surface area contributed by atoms with Crippen LogP contribution in [-0.2, 0) is 14.9 Å². The lowest BCUT2D eigenvalue weighted by Crippen LogP contribution is -2.22. The Bertz CT molecular complexity index is 864. The molecule has 5 heteroatoms. The van der Waals surface area contributed by atoms with Crippen molar-refractivity contribution in [2.24, 2.45) is 5.92 Å². The number of aryl methyl sites for hydroxylation is 1. The number of rotatable bonds is 8. The molecule has 162 valence electrons. The molecule has 0 aliphatic heterocycles. The molecule has 5 nitrogen and oxygen atoms in total. The molecule has 0 bridgehead atoms. The summed E-state index contributed by atoms with van der Waals surface area (Å²) in [7, 11) is 0. The standard InChI is InChI=1S/C25H33NO4/c1-17(2)13-14-29-24(28)19-8-10-20(11-9-19)26-23(27)16-30-22-15-18(3)7-12-21(22)25(4,5)6/h7-12,15,17H,13-14,16H2,1-6H3,(H,26,27). The molecule has 0 heterocycles. The second-order valence-electron chi connectivity index (χ2n) is 8.98. The van der Waals surface area contributed by atoms with Gasteiger partial charge in [-0.2, -0.15) is 0 Å². The summed E-state index contributed by atoms with van der Waals surface area (Å²) in [4.78, 5) is 24.4. The number of carbonyl (C=O) groups excluding carboxylic acids is 2. The van der Waals surface area contributed by atoms with E-state index in [4.69, 9.17) is 9.47 Å². The third kappa shape index (κ3) is 7.21. The quantitative estimate of drug-likeness (QED) is 0.582.